The first-order valence-electron chi connectivity index (χ1n) is 19.2. The highest BCUT2D eigenvalue weighted by molar-refractivity contribution is 5.92. The molecular weight excluding hydrogens is 860 g/mol. The van der Waals surface area contributed by atoms with Crippen LogP contribution in [0, 0.1) is 0 Å². The second kappa shape index (κ2) is 16.1. The number of phenols is 14. The van der Waals surface area contributed by atoms with Crippen molar-refractivity contribution in [1.82, 2.24) is 0 Å². The van der Waals surface area contributed by atoms with E-state index < -0.39 is 134 Å². The van der Waals surface area contributed by atoms with E-state index in [9.17, 15) is 81.1 Å². The number of hydrogen-bond acceptors (Lipinski definition) is 20. The molecule has 0 saturated carbocycles. The van der Waals surface area contributed by atoms with Crippen molar-refractivity contribution in [2.45, 2.75) is 43.7 Å². The lowest BCUT2D eigenvalue weighted by Gasteiger charge is -2.36. The minimum absolute atomic E-state index is 0.0463. The van der Waals surface area contributed by atoms with E-state index in [2.05, 4.69) is 0 Å². The van der Waals surface area contributed by atoms with Gasteiger partial charge in [-0.25, -0.2) is 9.59 Å². The summed E-state index contributed by atoms with van der Waals surface area (Å²) >= 11 is 0. The van der Waals surface area contributed by atoms with Crippen LogP contribution in [0.3, 0.4) is 0 Å². The summed E-state index contributed by atoms with van der Waals surface area (Å²) in [6, 6.07) is 12.3. The molecule has 4 atom stereocenters. The Morgan fingerprint density at radius 3 is 1.12 bits per heavy atom. The average molecular weight is 897 g/mol. The zero-order valence-corrected chi connectivity index (χ0v) is 33.1. The predicted molar refractivity (Wildman–Crippen MR) is 217 cm³/mol. The SMILES string of the molecule is O=C(O[C@@H]1Cc2c(O)cc(O)c(Cc3c(O)cc(O)c4c3O[C@H](c3ccc(O)c(O)c3)[C@H](OC(=O)c3cc(O)c(O)c(O)c3)C4)c2O[C@@H]1c1ccc(O)c(O)c1)c1cc(O)c(O)c(O)c1. The highest BCUT2D eigenvalue weighted by Crippen LogP contribution is 2.52. The number of carbonyl (C=O) groups excluding carboxylic acids is 2. The van der Waals surface area contributed by atoms with E-state index in [-0.39, 0.29) is 57.7 Å². The third-order valence-electron chi connectivity index (χ3n) is 11.0. The highest BCUT2D eigenvalue weighted by Gasteiger charge is 2.42. The summed E-state index contributed by atoms with van der Waals surface area (Å²) in [5, 5.41) is 146. The maximum Gasteiger partial charge on any atom is 0.338 e. The van der Waals surface area contributed by atoms with Gasteiger partial charge in [0.1, 0.15) is 46.7 Å². The Morgan fingerprint density at radius 2 is 0.785 bits per heavy atom. The Hall–Kier alpha value is -8.94. The number of phenolic OH excluding ortho intramolecular Hbond substituents is 14. The number of fused-ring (bicyclic) bond motifs is 2. The van der Waals surface area contributed by atoms with Crippen LogP contribution in [-0.2, 0) is 28.7 Å². The second-order valence-electron chi connectivity index (χ2n) is 15.2. The van der Waals surface area contributed by atoms with Crippen molar-refractivity contribution in [2.75, 3.05) is 0 Å². The number of carbonyl (C=O) groups is 2. The molecule has 2 heterocycles. The van der Waals surface area contributed by atoms with Gasteiger partial charge in [-0.2, -0.15) is 0 Å². The zero-order valence-electron chi connectivity index (χ0n) is 33.1. The quantitative estimate of drug-likeness (QED) is 0.0709. The average Bonchev–Trinajstić information content (AvgIpc) is 3.25. The molecule has 6 aromatic rings. The smallest absolute Gasteiger partial charge is 0.338 e. The maximum atomic E-state index is 13.4. The molecule has 6 aromatic carbocycles. The molecule has 2 aliphatic heterocycles. The number of hydrogen-bond donors (Lipinski definition) is 14. The molecule has 0 radical (unpaired) electrons. The fraction of sp³-hybridized carbons (Fsp3) is 0.156. The molecule has 0 aromatic heterocycles. The molecular formula is C45H36O20. The molecule has 0 fully saturated rings. The molecule has 20 heteroatoms. The van der Waals surface area contributed by atoms with E-state index in [1.165, 1.54) is 12.1 Å². The lowest BCUT2D eigenvalue weighted by Crippen LogP contribution is -2.35. The van der Waals surface area contributed by atoms with Gasteiger partial charge < -0.3 is 90.4 Å². The summed E-state index contributed by atoms with van der Waals surface area (Å²) in [6.07, 6.45) is -6.78. The van der Waals surface area contributed by atoms with Crippen LogP contribution in [0.5, 0.6) is 92.0 Å². The fourth-order valence-electron chi connectivity index (χ4n) is 7.72. The van der Waals surface area contributed by atoms with Crippen molar-refractivity contribution in [3.05, 3.63) is 117 Å². The second-order valence-corrected chi connectivity index (χ2v) is 15.2. The third kappa shape index (κ3) is 7.79. The monoisotopic (exact) mass is 896 g/mol. The lowest BCUT2D eigenvalue weighted by atomic mass is 9.88. The molecule has 0 amide bonds. The molecule has 0 unspecified atom stereocenters. The summed E-state index contributed by atoms with van der Waals surface area (Å²) in [4.78, 5) is 26.9. The number of esters is 2. The largest absolute Gasteiger partial charge is 0.507 e. The molecule has 0 saturated heterocycles. The molecule has 65 heavy (non-hydrogen) atoms. The lowest BCUT2D eigenvalue weighted by molar-refractivity contribution is -0.0193. The third-order valence-corrected chi connectivity index (χ3v) is 11.0. The molecule has 14 N–H and O–H groups in total. The zero-order chi connectivity index (χ0) is 46.8. The Morgan fingerprint density at radius 1 is 0.431 bits per heavy atom. The molecule has 0 aliphatic carbocycles. The number of aromatic hydroxyl groups is 14. The van der Waals surface area contributed by atoms with Crippen LogP contribution in [0.1, 0.15) is 66.3 Å². The van der Waals surface area contributed by atoms with Crippen LogP contribution < -0.4 is 9.47 Å². The van der Waals surface area contributed by atoms with Crippen molar-refractivity contribution >= 4 is 11.9 Å². The molecule has 2 aliphatic rings. The minimum Gasteiger partial charge on any atom is -0.507 e. The number of benzene rings is 6. The van der Waals surface area contributed by atoms with Crippen LogP contribution >= 0.6 is 0 Å². The minimum atomic E-state index is -1.39. The maximum absolute atomic E-state index is 13.4. The van der Waals surface area contributed by atoms with Crippen molar-refractivity contribution in [3.63, 3.8) is 0 Å². The van der Waals surface area contributed by atoms with E-state index in [0.29, 0.717) is 0 Å². The first-order chi connectivity index (χ1) is 30.8. The molecule has 336 valence electrons. The molecule has 0 spiro atoms. The highest BCUT2D eigenvalue weighted by atomic mass is 16.6. The van der Waals surface area contributed by atoms with Gasteiger partial charge in [0.25, 0.3) is 0 Å². The van der Waals surface area contributed by atoms with Gasteiger partial charge in [-0.1, -0.05) is 12.1 Å². The number of ether oxygens (including phenoxy) is 4. The Labute approximate surface area is 364 Å². The summed E-state index contributed by atoms with van der Waals surface area (Å²) in [7, 11) is 0. The van der Waals surface area contributed by atoms with Crippen LogP contribution in [0.4, 0.5) is 0 Å². The van der Waals surface area contributed by atoms with Crippen molar-refractivity contribution in [1.29, 1.82) is 0 Å². The predicted octanol–water partition coefficient (Wildman–Crippen LogP) is 4.96. The summed E-state index contributed by atoms with van der Waals surface area (Å²) in [5.74, 6) is -12.4. The van der Waals surface area contributed by atoms with Gasteiger partial charge in [0.15, 0.2) is 69.7 Å². The normalized spacial score (nSPS) is 17.5. The fourth-order valence-corrected chi connectivity index (χ4v) is 7.72. The molecule has 0 bridgehead atoms. The van der Waals surface area contributed by atoms with Crippen LogP contribution in [0.25, 0.3) is 0 Å². The van der Waals surface area contributed by atoms with E-state index in [1.807, 2.05) is 0 Å². The van der Waals surface area contributed by atoms with E-state index in [0.717, 1.165) is 60.7 Å². The Bertz CT molecular complexity index is 2700. The summed E-state index contributed by atoms with van der Waals surface area (Å²) < 4.78 is 24.3. The van der Waals surface area contributed by atoms with E-state index >= 15 is 0 Å². The van der Waals surface area contributed by atoms with Crippen LogP contribution in [0.2, 0.25) is 0 Å². The van der Waals surface area contributed by atoms with Crippen molar-refractivity contribution in [3.8, 4) is 92.0 Å². The van der Waals surface area contributed by atoms with Gasteiger partial charge in [-0.05, 0) is 48.5 Å². The summed E-state index contributed by atoms with van der Waals surface area (Å²) in [6.45, 7) is 0. The first kappa shape index (κ1) is 42.7. The van der Waals surface area contributed by atoms with Gasteiger partial charge in [0, 0.05) is 64.8 Å². The van der Waals surface area contributed by atoms with Gasteiger partial charge in [0.2, 0.25) is 0 Å². The van der Waals surface area contributed by atoms with Gasteiger partial charge in [-0.15, -0.1) is 0 Å². The Kier molecular flexibility index (Phi) is 10.6. The van der Waals surface area contributed by atoms with Crippen molar-refractivity contribution < 1.29 is 100 Å². The van der Waals surface area contributed by atoms with E-state index in [4.69, 9.17) is 18.9 Å². The van der Waals surface area contributed by atoms with Gasteiger partial charge >= 0.3 is 11.9 Å². The van der Waals surface area contributed by atoms with Crippen LogP contribution in [0.15, 0.2) is 72.8 Å². The van der Waals surface area contributed by atoms with Gasteiger partial charge in [0.05, 0.1) is 11.1 Å². The van der Waals surface area contributed by atoms with Gasteiger partial charge in [-0.3, -0.25) is 0 Å². The molecule has 8 rings (SSSR count). The topological polar surface area (TPSA) is 354 Å². The number of rotatable bonds is 8. The first-order valence-corrected chi connectivity index (χ1v) is 19.2. The molecule has 20 nitrogen and oxygen atoms in total. The standard InChI is InChI=1S/C45H36O20/c46-24-3-1-16(5-30(24)52)40-36(62-44(60)18-7-32(54)38(58)33(55)8-18)12-22-28(50)14-26(48)20(42(22)64-40)11-21-27(49)15-29(51)23-13-37(63-45(61)19-9-34(56)39(59)35(57)10-19)41(65-43(21)23)17-2-4-25(47)31(53)6-17/h1-10,14-15,36-37,40-41,46-59H,11-13H2/t36-,37-,40-,41-/m1/s1. The van der Waals surface area contributed by atoms with E-state index in [1.54, 1.807) is 0 Å². The van der Waals surface area contributed by atoms with Crippen molar-refractivity contribution in [2.24, 2.45) is 0 Å². The van der Waals surface area contributed by atoms with Crippen LogP contribution in [-0.4, -0.2) is 95.6 Å². The summed E-state index contributed by atoms with van der Waals surface area (Å²) in [5.41, 5.74) is -0.942. The Balaban J connectivity index is 1.20.